The van der Waals surface area contributed by atoms with Gasteiger partial charge in [-0.05, 0) is 29.7 Å². The van der Waals surface area contributed by atoms with Crippen molar-refractivity contribution in [2.45, 2.75) is 25.8 Å². The van der Waals surface area contributed by atoms with E-state index in [0.717, 1.165) is 13.1 Å². The molecule has 2 nitrogen and oxygen atoms in total. The van der Waals surface area contributed by atoms with Gasteiger partial charge in [0, 0.05) is 18.0 Å². The Bertz CT molecular complexity index is 277. The van der Waals surface area contributed by atoms with Crippen LogP contribution in [0.15, 0.2) is 17.5 Å². The molecule has 0 saturated heterocycles. The zero-order valence-electron chi connectivity index (χ0n) is 8.62. The van der Waals surface area contributed by atoms with Crippen molar-refractivity contribution in [3.05, 3.63) is 22.4 Å². The van der Waals surface area contributed by atoms with Crippen molar-refractivity contribution in [2.75, 3.05) is 13.1 Å². The summed E-state index contributed by atoms with van der Waals surface area (Å²) in [5.74, 6) is 0. The van der Waals surface area contributed by atoms with Gasteiger partial charge < -0.3 is 11.1 Å². The topological polar surface area (TPSA) is 38.0 Å². The van der Waals surface area contributed by atoms with Crippen LogP contribution in [-0.2, 0) is 0 Å². The molecule has 1 aromatic heterocycles. The highest BCUT2D eigenvalue weighted by atomic mass is 32.1. The molecule has 1 atom stereocenters. The van der Waals surface area contributed by atoms with Gasteiger partial charge in [0.15, 0.2) is 0 Å². The molecule has 1 unspecified atom stereocenters. The van der Waals surface area contributed by atoms with Gasteiger partial charge in [0.1, 0.15) is 0 Å². The summed E-state index contributed by atoms with van der Waals surface area (Å²) in [5.41, 5.74) is 6.62. The van der Waals surface area contributed by atoms with Gasteiger partial charge in [0.2, 0.25) is 0 Å². The Hall–Kier alpha value is -0.380. The lowest BCUT2D eigenvalue weighted by Crippen LogP contribution is -2.30. The van der Waals surface area contributed by atoms with Crippen molar-refractivity contribution < 1.29 is 0 Å². The fraction of sp³-hybridized carbons (Fsp3) is 0.636. The molecular weight excluding hydrogens is 192 g/mol. The first kappa shape index (κ1) is 10.1. The Balaban J connectivity index is 1.70. The van der Waals surface area contributed by atoms with Crippen molar-refractivity contribution in [3.63, 3.8) is 0 Å². The van der Waals surface area contributed by atoms with Crippen LogP contribution in [0.3, 0.4) is 0 Å². The van der Waals surface area contributed by atoms with E-state index >= 15 is 0 Å². The minimum Gasteiger partial charge on any atom is -0.322 e. The highest BCUT2D eigenvalue weighted by Crippen LogP contribution is 2.44. The summed E-state index contributed by atoms with van der Waals surface area (Å²) in [6.07, 6.45) is 2.74. The van der Waals surface area contributed by atoms with Gasteiger partial charge in [-0.15, -0.1) is 11.3 Å². The predicted molar refractivity (Wildman–Crippen MR) is 61.5 cm³/mol. The van der Waals surface area contributed by atoms with Gasteiger partial charge in [-0.25, -0.2) is 0 Å². The summed E-state index contributed by atoms with van der Waals surface area (Å²) in [5, 5.41) is 5.54. The first-order valence-electron chi connectivity index (χ1n) is 5.19. The SMILES string of the molecule is CC1(CNCC(N)c2cccs2)CC1. The number of nitrogens with two attached hydrogens (primary N) is 1. The smallest absolute Gasteiger partial charge is 0.0516 e. The fourth-order valence-electron chi connectivity index (χ4n) is 1.52. The lowest BCUT2D eigenvalue weighted by Gasteiger charge is -2.13. The maximum Gasteiger partial charge on any atom is 0.0516 e. The van der Waals surface area contributed by atoms with Crippen LogP contribution in [0.4, 0.5) is 0 Å². The standard InChI is InChI=1S/C11H18N2S/c1-11(4-5-11)8-13-7-9(12)10-3-2-6-14-10/h2-3,6,9,13H,4-5,7-8,12H2,1H3. The fourth-order valence-corrected chi connectivity index (χ4v) is 2.25. The van der Waals surface area contributed by atoms with Crippen LogP contribution in [0.1, 0.15) is 30.7 Å². The number of hydrogen-bond acceptors (Lipinski definition) is 3. The minimum absolute atomic E-state index is 0.164. The zero-order chi connectivity index (χ0) is 10.0. The zero-order valence-corrected chi connectivity index (χ0v) is 9.44. The van der Waals surface area contributed by atoms with Crippen LogP contribution in [0, 0.1) is 5.41 Å². The molecule has 3 heteroatoms. The molecule has 0 aliphatic heterocycles. The molecule has 14 heavy (non-hydrogen) atoms. The maximum absolute atomic E-state index is 6.04. The molecule has 1 saturated carbocycles. The van der Waals surface area contributed by atoms with E-state index < -0.39 is 0 Å². The van der Waals surface area contributed by atoms with E-state index in [1.54, 1.807) is 11.3 Å². The Morgan fingerprint density at radius 3 is 3.00 bits per heavy atom. The first-order chi connectivity index (χ1) is 6.70. The van der Waals surface area contributed by atoms with Crippen LogP contribution in [0.2, 0.25) is 0 Å². The summed E-state index contributed by atoms with van der Waals surface area (Å²) >= 11 is 1.74. The van der Waals surface area contributed by atoms with Crippen LogP contribution in [0.25, 0.3) is 0 Å². The Morgan fingerprint density at radius 2 is 2.43 bits per heavy atom. The molecule has 1 aliphatic carbocycles. The lowest BCUT2D eigenvalue weighted by molar-refractivity contribution is 0.482. The third-order valence-electron chi connectivity index (χ3n) is 2.93. The quantitative estimate of drug-likeness (QED) is 0.781. The molecule has 0 amide bonds. The Kier molecular flexibility index (Phi) is 2.91. The monoisotopic (exact) mass is 210 g/mol. The Morgan fingerprint density at radius 1 is 1.64 bits per heavy atom. The number of hydrogen-bond donors (Lipinski definition) is 2. The largest absolute Gasteiger partial charge is 0.322 e. The van der Waals surface area contributed by atoms with E-state index in [1.165, 1.54) is 17.7 Å². The van der Waals surface area contributed by atoms with Crippen LogP contribution < -0.4 is 11.1 Å². The second kappa shape index (κ2) is 4.01. The second-order valence-electron chi connectivity index (χ2n) is 4.56. The summed E-state index contributed by atoms with van der Waals surface area (Å²) in [6, 6.07) is 4.33. The summed E-state index contributed by atoms with van der Waals surface area (Å²) < 4.78 is 0. The van der Waals surface area contributed by atoms with E-state index in [1.807, 2.05) is 0 Å². The number of nitrogens with one attached hydrogen (secondary N) is 1. The average Bonchev–Trinajstić information content (AvgIpc) is 2.72. The van der Waals surface area contributed by atoms with Crippen LogP contribution >= 0.6 is 11.3 Å². The van der Waals surface area contributed by atoms with Gasteiger partial charge in [0.25, 0.3) is 0 Å². The lowest BCUT2D eigenvalue weighted by atomic mass is 10.1. The normalized spacial score (nSPS) is 20.7. The van der Waals surface area contributed by atoms with E-state index in [2.05, 4.69) is 29.8 Å². The van der Waals surface area contributed by atoms with Gasteiger partial charge in [0.05, 0.1) is 6.04 Å². The van der Waals surface area contributed by atoms with E-state index in [-0.39, 0.29) is 6.04 Å². The van der Waals surface area contributed by atoms with Crippen LogP contribution in [-0.4, -0.2) is 13.1 Å². The second-order valence-corrected chi connectivity index (χ2v) is 5.54. The summed E-state index contributed by atoms with van der Waals surface area (Å²) in [6.45, 7) is 4.35. The highest BCUT2D eigenvalue weighted by Gasteiger charge is 2.36. The van der Waals surface area contributed by atoms with Crippen molar-refractivity contribution in [2.24, 2.45) is 11.1 Å². The van der Waals surface area contributed by atoms with Crippen molar-refractivity contribution in [1.82, 2.24) is 5.32 Å². The van der Waals surface area contributed by atoms with E-state index in [4.69, 9.17) is 5.73 Å². The minimum atomic E-state index is 0.164. The molecular formula is C11H18N2S. The van der Waals surface area contributed by atoms with Crippen molar-refractivity contribution >= 4 is 11.3 Å². The predicted octanol–water partition coefficient (Wildman–Crippen LogP) is 2.14. The van der Waals surface area contributed by atoms with Gasteiger partial charge in [-0.2, -0.15) is 0 Å². The summed E-state index contributed by atoms with van der Waals surface area (Å²) in [4.78, 5) is 1.28. The van der Waals surface area contributed by atoms with E-state index in [9.17, 15) is 0 Å². The highest BCUT2D eigenvalue weighted by molar-refractivity contribution is 7.10. The van der Waals surface area contributed by atoms with Crippen LogP contribution in [0.5, 0.6) is 0 Å². The van der Waals surface area contributed by atoms with Gasteiger partial charge >= 0.3 is 0 Å². The van der Waals surface area contributed by atoms with Gasteiger partial charge in [-0.1, -0.05) is 13.0 Å². The maximum atomic E-state index is 6.04. The van der Waals surface area contributed by atoms with Gasteiger partial charge in [-0.3, -0.25) is 0 Å². The molecule has 3 N–H and O–H groups in total. The molecule has 1 fully saturated rings. The molecule has 0 spiro atoms. The van der Waals surface area contributed by atoms with E-state index in [0.29, 0.717) is 5.41 Å². The summed E-state index contributed by atoms with van der Waals surface area (Å²) in [7, 11) is 0. The third kappa shape index (κ3) is 2.56. The number of rotatable bonds is 5. The molecule has 1 aromatic rings. The molecule has 0 aromatic carbocycles. The Labute approximate surface area is 89.5 Å². The molecule has 0 radical (unpaired) electrons. The average molecular weight is 210 g/mol. The molecule has 1 aliphatic rings. The molecule has 78 valence electrons. The molecule has 0 bridgehead atoms. The third-order valence-corrected chi connectivity index (χ3v) is 3.93. The first-order valence-corrected chi connectivity index (χ1v) is 6.07. The molecule has 1 heterocycles. The van der Waals surface area contributed by atoms with Crippen molar-refractivity contribution in [1.29, 1.82) is 0 Å². The molecule has 2 rings (SSSR count). The van der Waals surface area contributed by atoms with Crippen molar-refractivity contribution in [3.8, 4) is 0 Å². The number of thiophene rings is 1.